The van der Waals surface area contributed by atoms with Crippen molar-refractivity contribution >= 4 is 17.8 Å². The quantitative estimate of drug-likeness (QED) is 0.793. The molecule has 1 atom stereocenters. The summed E-state index contributed by atoms with van der Waals surface area (Å²) in [6.07, 6.45) is 0.541. The highest BCUT2D eigenvalue weighted by molar-refractivity contribution is 6.21. The highest BCUT2D eigenvalue weighted by atomic mass is 16.4. The number of benzene rings is 1. The fourth-order valence-corrected chi connectivity index (χ4v) is 2.30. The first-order valence-corrected chi connectivity index (χ1v) is 6.81. The zero-order valence-corrected chi connectivity index (χ0v) is 12.1. The van der Waals surface area contributed by atoms with E-state index >= 15 is 0 Å². The maximum absolute atomic E-state index is 12.1. The second-order valence-corrected chi connectivity index (χ2v) is 5.16. The molecule has 0 aromatic heterocycles. The molecule has 0 spiro atoms. The summed E-state index contributed by atoms with van der Waals surface area (Å²) < 4.78 is 0. The summed E-state index contributed by atoms with van der Waals surface area (Å²) in [5, 5.41) is 8.91. The van der Waals surface area contributed by atoms with Crippen molar-refractivity contribution in [2.75, 3.05) is 20.1 Å². The van der Waals surface area contributed by atoms with Crippen LogP contribution in [0.4, 0.5) is 0 Å². The van der Waals surface area contributed by atoms with Crippen molar-refractivity contribution in [2.24, 2.45) is 0 Å². The van der Waals surface area contributed by atoms with Crippen LogP contribution in [0.1, 0.15) is 34.1 Å². The van der Waals surface area contributed by atoms with Gasteiger partial charge >= 0.3 is 5.97 Å². The number of carboxylic acid groups (broad SMARTS) is 1. The van der Waals surface area contributed by atoms with Gasteiger partial charge in [-0.15, -0.1) is 0 Å². The average molecular weight is 290 g/mol. The molecule has 6 nitrogen and oxygen atoms in total. The summed E-state index contributed by atoms with van der Waals surface area (Å²) in [6, 6.07) is 6.17. The van der Waals surface area contributed by atoms with Gasteiger partial charge in [0.15, 0.2) is 0 Å². The molecule has 1 aliphatic rings. The minimum absolute atomic E-state index is 0.274. The SMILES string of the molecule is CC(C(=O)O)N(C)CCCN1C(=O)c2ccccc2C1=O. The Balaban J connectivity index is 1.93. The molecule has 0 aliphatic carbocycles. The van der Waals surface area contributed by atoms with Crippen LogP contribution >= 0.6 is 0 Å². The smallest absolute Gasteiger partial charge is 0.320 e. The lowest BCUT2D eigenvalue weighted by Gasteiger charge is -2.22. The van der Waals surface area contributed by atoms with E-state index in [-0.39, 0.29) is 11.8 Å². The van der Waals surface area contributed by atoms with Crippen molar-refractivity contribution in [3.63, 3.8) is 0 Å². The van der Waals surface area contributed by atoms with Crippen LogP contribution < -0.4 is 0 Å². The van der Waals surface area contributed by atoms with E-state index in [1.54, 1.807) is 43.1 Å². The number of nitrogens with zero attached hydrogens (tertiary/aromatic N) is 2. The zero-order valence-electron chi connectivity index (χ0n) is 12.1. The third-order valence-electron chi connectivity index (χ3n) is 3.79. The molecule has 2 amide bonds. The summed E-state index contributed by atoms with van der Waals surface area (Å²) in [5.74, 6) is -1.44. The van der Waals surface area contributed by atoms with E-state index in [1.807, 2.05) is 0 Å². The highest BCUT2D eigenvalue weighted by Gasteiger charge is 2.34. The Labute approximate surface area is 123 Å². The van der Waals surface area contributed by atoms with Crippen LogP contribution in [0.5, 0.6) is 0 Å². The van der Waals surface area contributed by atoms with Gasteiger partial charge in [-0.1, -0.05) is 12.1 Å². The third-order valence-corrected chi connectivity index (χ3v) is 3.79. The van der Waals surface area contributed by atoms with Gasteiger partial charge in [-0.25, -0.2) is 0 Å². The number of carbonyl (C=O) groups excluding carboxylic acids is 2. The third kappa shape index (κ3) is 2.95. The highest BCUT2D eigenvalue weighted by Crippen LogP contribution is 2.22. The van der Waals surface area contributed by atoms with Crippen LogP contribution in [0.15, 0.2) is 24.3 Å². The van der Waals surface area contributed by atoms with Crippen molar-refractivity contribution in [1.29, 1.82) is 0 Å². The summed E-state index contributed by atoms with van der Waals surface area (Å²) in [5.41, 5.74) is 0.879. The number of hydrogen-bond donors (Lipinski definition) is 1. The maximum Gasteiger partial charge on any atom is 0.320 e. The summed E-state index contributed by atoms with van der Waals surface area (Å²) >= 11 is 0. The van der Waals surface area contributed by atoms with Gasteiger partial charge in [-0.3, -0.25) is 24.2 Å². The molecule has 1 aromatic rings. The molecule has 1 unspecified atom stereocenters. The van der Waals surface area contributed by atoms with Gasteiger partial charge in [0.05, 0.1) is 11.1 Å². The number of aliphatic carboxylic acids is 1. The molecule has 2 rings (SSSR count). The van der Waals surface area contributed by atoms with E-state index in [1.165, 1.54) is 4.90 Å². The number of hydrogen-bond acceptors (Lipinski definition) is 4. The fraction of sp³-hybridized carbons (Fsp3) is 0.400. The van der Waals surface area contributed by atoms with E-state index in [9.17, 15) is 14.4 Å². The van der Waals surface area contributed by atoms with Crippen molar-refractivity contribution < 1.29 is 19.5 Å². The standard InChI is InChI=1S/C15H18N2O4/c1-10(15(20)21)16(2)8-5-9-17-13(18)11-6-3-4-7-12(11)14(17)19/h3-4,6-7,10H,5,8-9H2,1-2H3,(H,20,21). The molecule has 0 saturated heterocycles. The monoisotopic (exact) mass is 290 g/mol. The molecule has 0 radical (unpaired) electrons. The number of imide groups is 1. The summed E-state index contributed by atoms with van der Waals surface area (Å²) in [7, 11) is 1.71. The Bertz CT molecular complexity index is 550. The van der Waals surface area contributed by atoms with E-state index in [4.69, 9.17) is 5.11 Å². The van der Waals surface area contributed by atoms with Gasteiger partial charge < -0.3 is 5.11 Å². The Hall–Kier alpha value is -2.21. The molecular weight excluding hydrogens is 272 g/mol. The molecule has 6 heteroatoms. The fourth-order valence-electron chi connectivity index (χ4n) is 2.30. The Morgan fingerprint density at radius 2 is 1.76 bits per heavy atom. The van der Waals surface area contributed by atoms with E-state index in [0.717, 1.165) is 0 Å². The zero-order chi connectivity index (χ0) is 15.6. The number of fused-ring (bicyclic) bond motifs is 1. The molecule has 112 valence electrons. The molecule has 0 bridgehead atoms. The number of carbonyl (C=O) groups is 3. The second kappa shape index (κ2) is 6.05. The Morgan fingerprint density at radius 3 is 2.24 bits per heavy atom. The van der Waals surface area contributed by atoms with Gasteiger partial charge in [0, 0.05) is 13.1 Å². The van der Waals surface area contributed by atoms with Crippen LogP contribution in [-0.4, -0.2) is 58.9 Å². The molecular formula is C15H18N2O4. The molecule has 1 aromatic carbocycles. The predicted molar refractivity (Wildman–Crippen MR) is 76.2 cm³/mol. The molecule has 21 heavy (non-hydrogen) atoms. The van der Waals surface area contributed by atoms with Crippen LogP contribution in [0.2, 0.25) is 0 Å². The lowest BCUT2D eigenvalue weighted by molar-refractivity contribution is -0.142. The number of rotatable bonds is 6. The number of amides is 2. The summed E-state index contributed by atoms with van der Waals surface area (Å²) in [6.45, 7) is 2.40. The van der Waals surface area contributed by atoms with Crippen molar-refractivity contribution in [2.45, 2.75) is 19.4 Å². The maximum atomic E-state index is 12.1. The van der Waals surface area contributed by atoms with E-state index in [0.29, 0.717) is 30.6 Å². The lowest BCUT2D eigenvalue weighted by Crippen LogP contribution is -2.38. The van der Waals surface area contributed by atoms with E-state index in [2.05, 4.69) is 0 Å². The van der Waals surface area contributed by atoms with E-state index < -0.39 is 12.0 Å². The van der Waals surface area contributed by atoms with Crippen molar-refractivity contribution in [1.82, 2.24) is 9.80 Å². The first kappa shape index (κ1) is 15.2. The Kier molecular flexibility index (Phi) is 4.37. The van der Waals surface area contributed by atoms with Crippen LogP contribution in [0.25, 0.3) is 0 Å². The van der Waals surface area contributed by atoms with Crippen LogP contribution in [-0.2, 0) is 4.79 Å². The minimum atomic E-state index is -0.891. The molecule has 0 fully saturated rings. The number of carboxylic acids is 1. The van der Waals surface area contributed by atoms with Gasteiger partial charge in [-0.2, -0.15) is 0 Å². The normalized spacial score (nSPS) is 15.5. The first-order valence-electron chi connectivity index (χ1n) is 6.81. The first-order chi connectivity index (χ1) is 9.93. The van der Waals surface area contributed by atoms with Gasteiger partial charge in [0.2, 0.25) is 0 Å². The van der Waals surface area contributed by atoms with Gasteiger partial charge in [0.1, 0.15) is 6.04 Å². The van der Waals surface area contributed by atoms with Crippen molar-refractivity contribution in [3.8, 4) is 0 Å². The van der Waals surface area contributed by atoms with Crippen LogP contribution in [0, 0.1) is 0 Å². The Morgan fingerprint density at radius 1 is 1.24 bits per heavy atom. The second-order valence-electron chi connectivity index (χ2n) is 5.16. The minimum Gasteiger partial charge on any atom is -0.480 e. The molecule has 1 N–H and O–H groups in total. The molecule has 1 aliphatic heterocycles. The average Bonchev–Trinajstić information content (AvgIpc) is 2.71. The van der Waals surface area contributed by atoms with Gasteiger partial charge in [0.25, 0.3) is 11.8 Å². The van der Waals surface area contributed by atoms with Crippen molar-refractivity contribution in [3.05, 3.63) is 35.4 Å². The predicted octanol–water partition coefficient (Wildman–Crippen LogP) is 1.08. The molecule has 0 saturated carbocycles. The van der Waals surface area contributed by atoms with Crippen LogP contribution in [0.3, 0.4) is 0 Å². The lowest BCUT2D eigenvalue weighted by atomic mass is 10.1. The topological polar surface area (TPSA) is 77.9 Å². The molecule has 1 heterocycles. The van der Waals surface area contributed by atoms with Gasteiger partial charge in [-0.05, 0) is 32.5 Å². The largest absolute Gasteiger partial charge is 0.480 e. The summed E-state index contributed by atoms with van der Waals surface area (Å²) in [4.78, 5) is 38.0. The number of likely N-dealkylation sites (N-methyl/N-ethyl adjacent to an activating group) is 1.